The zero-order chi connectivity index (χ0) is 37.7. The van der Waals surface area contributed by atoms with Gasteiger partial charge in [0.1, 0.15) is 12.2 Å². The largest absolute Gasteiger partial charge is 0.395 e. The zero-order valence-electron chi connectivity index (χ0n) is 29.7. The molecule has 2 aliphatic heterocycles. The first-order chi connectivity index (χ1) is 26.1. The number of rotatable bonds is 10. The van der Waals surface area contributed by atoms with Gasteiger partial charge in [-0.2, -0.15) is 10.2 Å². The van der Waals surface area contributed by atoms with Crippen molar-refractivity contribution in [3.05, 3.63) is 64.7 Å². The highest BCUT2D eigenvalue weighted by Gasteiger charge is 2.39. The quantitative estimate of drug-likeness (QED) is 0.122. The standard InChI is InChI=1S/C36H41FN12O5/c1-45-28-14-20(5-6-26(28)48(36(45)54)27-7-8-30(50)44-33(27)51)4-2-3-11-39-35(53)46-12-9-22(10-13-46)47-19-21(16-41-47)23-17-42-49-29(18-40-32(49)31(23)38)34(52)43-25-15-24(25)37/h5-6,14,16-19,22,24-25,27H,2-4,7-13,15,38H2,1H3,(H,39,53)(H,43,52)(H,44,50,51)/t24-,25+,27?/m0/s1. The molecule has 0 bridgehead atoms. The molecular formula is C36H41FN12O5. The number of hydrogen-bond acceptors (Lipinski definition) is 9. The fraction of sp³-hybridized carbons (Fsp3) is 0.444. The lowest BCUT2D eigenvalue weighted by atomic mass is 10.0. The number of likely N-dealkylation sites (tertiary alicyclic amines) is 1. The molecule has 8 rings (SSSR count). The minimum absolute atomic E-state index is 0.0950. The van der Waals surface area contributed by atoms with Gasteiger partial charge in [0.2, 0.25) is 11.8 Å². The Kier molecular flexibility index (Phi) is 9.11. The number of hydrogen-bond donors (Lipinski definition) is 4. The topological polar surface area (TPSA) is 209 Å². The Morgan fingerprint density at radius 1 is 1.04 bits per heavy atom. The van der Waals surface area contributed by atoms with Gasteiger partial charge in [-0.1, -0.05) is 6.07 Å². The van der Waals surface area contributed by atoms with E-state index in [2.05, 4.69) is 31.1 Å². The second-order valence-corrected chi connectivity index (χ2v) is 14.3. The summed E-state index contributed by atoms with van der Waals surface area (Å²) in [6.45, 7) is 1.71. The van der Waals surface area contributed by atoms with Gasteiger partial charge in [-0.3, -0.25) is 33.5 Å². The smallest absolute Gasteiger partial charge is 0.329 e. The molecule has 2 saturated heterocycles. The molecule has 1 aromatic carbocycles. The molecule has 5 aromatic rings. The number of alkyl halides is 1. The summed E-state index contributed by atoms with van der Waals surface area (Å²) in [6, 6.07) is 4.59. The summed E-state index contributed by atoms with van der Waals surface area (Å²) in [6.07, 6.45) is 10.2. The molecule has 3 fully saturated rings. The number of carbonyl (C=O) groups is 4. The average Bonchev–Trinajstić information content (AvgIpc) is 3.49. The molecule has 282 valence electrons. The first-order valence-electron chi connectivity index (χ1n) is 18.3. The van der Waals surface area contributed by atoms with Crippen LogP contribution in [0.3, 0.4) is 0 Å². The minimum atomic E-state index is -1.02. The van der Waals surface area contributed by atoms with E-state index in [0.29, 0.717) is 48.5 Å². The van der Waals surface area contributed by atoms with Crippen LogP contribution in [0.15, 0.2) is 47.8 Å². The number of imidazole rings is 2. The van der Waals surface area contributed by atoms with E-state index in [1.807, 2.05) is 34.0 Å². The fourth-order valence-corrected chi connectivity index (χ4v) is 7.46. The summed E-state index contributed by atoms with van der Waals surface area (Å²) in [5, 5.41) is 17.0. The number of amides is 5. The Morgan fingerprint density at radius 3 is 2.59 bits per heavy atom. The number of halogens is 1. The number of aryl methyl sites for hydroxylation is 2. The third kappa shape index (κ3) is 6.56. The second kappa shape index (κ2) is 14.1. The number of anilines is 1. The molecule has 1 unspecified atom stereocenters. The summed E-state index contributed by atoms with van der Waals surface area (Å²) in [5.74, 6) is -1.24. The molecule has 4 aromatic heterocycles. The third-order valence-electron chi connectivity index (χ3n) is 10.7. The lowest BCUT2D eigenvalue weighted by Gasteiger charge is -2.32. The van der Waals surface area contributed by atoms with E-state index in [9.17, 15) is 28.4 Å². The first-order valence-corrected chi connectivity index (χ1v) is 18.3. The molecule has 5 amide bonds. The van der Waals surface area contributed by atoms with Gasteiger partial charge < -0.3 is 21.3 Å². The Balaban J connectivity index is 0.801. The number of piperidine rings is 2. The van der Waals surface area contributed by atoms with Crippen LogP contribution >= 0.6 is 0 Å². The van der Waals surface area contributed by atoms with Crippen molar-refractivity contribution >= 4 is 46.1 Å². The number of nitrogen functional groups attached to an aromatic ring is 1. The molecule has 0 radical (unpaired) electrons. The Labute approximate surface area is 307 Å². The van der Waals surface area contributed by atoms with Crippen molar-refractivity contribution in [3.63, 3.8) is 0 Å². The van der Waals surface area contributed by atoms with Gasteiger partial charge in [0.05, 0.1) is 47.4 Å². The van der Waals surface area contributed by atoms with Crippen molar-refractivity contribution in [2.45, 2.75) is 75.7 Å². The van der Waals surface area contributed by atoms with E-state index in [1.165, 1.54) is 19.8 Å². The number of aromatic nitrogens is 7. The third-order valence-corrected chi connectivity index (χ3v) is 10.7. The minimum Gasteiger partial charge on any atom is -0.395 e. The van der Waals surface area contributed by atoms with E-state index < -0.39 is 30.1 Å². The molecule has 1 saturated carbocycles. The molecule has 6 heterocycles. The number of carbonyl (C=O) groups excluding carboxylic acids is 4. The summed E-state index contributed by atoms with van der Waals surface area (Å²) in [7, 11) is 1.68. The maximum Gasteiger partial charge on any atom is 0.329 e. The number of unbranched alkanes of at least 4 members (excludes halogenated alkanes) is 1. The maximum atomic E-state index is 13.3. The van der Waals surface area contributed by atoms with E-state index in [4.69, 9.17) is 5.73 Å². The predicted molar refractivity (Wildman–Crippen MR) is 194 cm³/mol. The monoisotopic (exact) mass is 740 g/mol. The summed E-state index contributed by atoms with van der Waals surface area (Å²) in [4.78, 5) is 68.8. The number of nitrogens with one attached hydrogen (secondary N) is 3. The number of imide groups is 1. The second-order valence-electron chi connectivity index (χ2n) is 14.3. The number of benzene rings is 1. The summed E-state index contributed by atoms with van der Waals surface area (Å²) in [5.41, 5.74) is 10.8. The van der Waals surface area contributed by atoms with Gasteiger partial charge in [-0.05, 0) is 56.2 Å². The molecule has 54 heavy (non-hydrogen) atoms. The van der Waals surface area contributed by atoms with Crippen LogP contribution < -0.4 is 27.4 Å². The molecule has 1 aliphatic carbocycles. The van der Waals surface area contributed by atoms with Gasteiger partial charge in [0, 0.05) is 56.8 Å². The van der Waals surface area contributed by atoms with Gasteiger partial charge in [-0.15, -0.1) is 0 Å². The molecular weight excluding hydrogens is 699 g/mol. The highest BCUT2D eigenvalue weighted by molar-refractivity contribution is 6.00. The van der Waals surface area contributed by atoms with Crippen LogP contribution in [-0.2, 0) is 23.1 Å². The van der Waals surface area contributed by atoms with Crippen molar-refractivity contribution in [1.82, 2.24) is 54.4 Å². The maximum absolute atomic E-state index is 13.3. The van der Waals surface area contributed by atoms with Gasteiger partial charge >= 0.3 is 11.7 Å². The number of urea groups is 1. The van der Waals surface area contributed by atoms with Crippen LogP contribution in [0.2, 0.25) is 0 Å². The van der Waals surface area contributed by atoms with Crippen LogP contribution in [0.1, 0.15) is 73.1 Å². The van der Waals surface area contributed by atoms with Crippen LogP contribution in [0.4, 0.5) is 14.9 Å². The Bertz CT molecular complexity index is 2350. The normalized spacial score (nSPS) is 20.4. The number of nitrogens with zero attached hydrogens (tertiary/aromatic N) is 8. The van der Waals surface area contributed by atoms with E-state index in [0.717, 1.165) is 48.7 Å². The summed E-state index contributed by atoms with van der Waals surface area (Å²) < 4.78 is 19.5. The van der Waals surface area contributed by atoms with E-state index in [-0.39, 0.29) is 42.2 Å². The number of nitrogens with two attached hydrogens (primary N) is 1. The highest BCUT2D eigenvalue weighted by atomic mass is 19.1. The SMILES string of the molecule is Cn1c(=O)n(C2CCC(=O)NC2=O)c2ccc(CCCCNC(=O)N3CCC(n4cc(-c5cnn6c(C(=O)N[C@@H]7C[C@@H]7F)cnc6c5N)cn4)CC3)cc21. The van der Waals surface area contributed by atoms with Crippen LogP contribution in [0.5, 0.6) is 0 Å². The first kappa shape index (κ1) is 35.0. The lowest BCUT2D eigenvalue weighted by Crippen LogP contribution is -2.45. The predicted octanol–water partition coefficient (Wildman–Crippen LogP) is 2.02. The van der Waals surface area contributed by atoms with Crippen molar-refractivity contribution in [2.24, 2.45) is 7.05 Å². The molecule has 3 aliphatic rings. The highest BCUT2D eigenvalue weighted by Crippen LogP contribution is 2.31. The van der Waals surface area contributed by atoms with Crippen molar-refractivity contribution in [3.8, 4) is 11.1 Å². The van der Waals surface area contributed by atoms with Crippen LogP contribution in [0.25, 0.3) is 27.8 Å². The van der Waals surface area contributed by atoms with Gasteiger partial charge in [0.15, 0.2) is 11.3 Å². The number of fused-ring (bicyclic) bond motifs is 2. The zero-order valence-corrected chi connectivity index (χ0v) is 29.7. The van der Waals surface area contributed by atoms with Crippen LogP contribution in [0, 0.1) is 0 Å². The van der Waals surface area contributed by atoms with E-state index in [1.54, 1.807) is 19.4 Å². The molecule has 0 spiro atoms. The fourth-order valence-electron chi connectivity index (χ4n) is 7.46. The molecule has 17 nitrogen and oxygen atoms in total. The molecule has 5 N–H and O–H groups in total. The lowest BCUT2D eigenvalue weighted by molar-refractivity contribution is -0.135. The molecule has 18 heteroatoms. The average molecular weight is 741 g/mol. The summed E-state index contributed by atoms with van der Waals surface area (Å²) >= 11 is 0. The Morgan fingerprint density at radius 2 is 1.83 bits per heavy atom. The van der Waals surface area contributed by atoms with Crippen molar-refractivity contribution in [1.29, 1.82) is 0 Å². The van der Waals surface area contributed by atoms with Gasteiger partial charge in [-0.25, -0.2) is 23.5 Å². The molecule has 3 atom stereocenters. The Hall–Kier alpha value is -6.07. The van der Waals surface area contributed by atoms with E-state index >= 15 is 0 Å². The van der Waals surface area contributed by atoms with Crippen molar-refractivity contribution < 1.29 is 23.6 Å². The van der Waals surface area contributed by atoms with Crippen molar-refractivity contribution in [2.75, 3.05) is 25.4 Å². The van der Waals surface area contributed by atoms with Crippen LogP contribution in [-0.4, -0.2) is 94.0 Å². The van der Waals surface area contributed by atoms with Gasteiger partial charge in [0.25, 0.3) is 5.91 Å².